The monoisotopic (exact) mass is 297 g/mol. The van der Waals surface area contributed by atoms with Crippen LogP contribution in [0.25, 0.3) is 0 Å². The second-order valence-electron chi connectivity index (χ2n) is 5.64. The van der Waals surface area contributed by atoms with Crippen LogP contribution in [-0.4, -0.2) is 34.5 Å². The number of hydrogen-bond donors (Lipinski definition) is 1. The molecule has 5 nitrogen and oxygen atoms in total. The van der Waals surface area contributed by atoms with E-state index < -0.39 is 0 Å². The second-order valence-corrected chi connectivity index (χ2v) is 6.81. The third-order valence-electron chi connectivity index (χ3n) is 4.24. The molecule has 0 bridgehead atoms. The fraction of sp³-hybridized carbons (Fsp3) is 0.714. The van der Waals surface area contributed by atoms with Gasteiger partial charge in [0.15, 0.2) is 0 Å². The molecule has 1 aromatic heterocycles. The molecule has 1 amide bonds. The van der Waals surface area contributed by atoms with E-state index in [1.54, 1.807) is 4.57 Å². The number of rotatable bonds is 4. The number of thiazole rings is 1. The lowest BCUT2D eigenvalue weighted by molar-refractivity contribution is -0.132. The Morgan fingerprint density at radius 2 is 2.15 bits per heavy atom. The molecular weight excluding hydrogens is 274 g/mol. The maximum atomic E-state index is 12.3. The van der Waals surface area contributed by atoms with Gasteiger partial charge in [-0.3, -0.25) is 9.59 Å². The van der Waals surface area contributed by atoms with Crippen LogP contribution in [0.1, 0.15) is 30.3 Å². The Morgan fingerprint density at radius 1 is 1.45 bits per heavy atom. The molecule has 0 radical (unpaired) electrons. The van der Waals surface area contributed by atoms with Gasteiger partial charge in [-0.2, -0.15) is 0 Å². The first-order chi connectivity index (χ1) is 9.43. The van der Waals surface area contributed by atoms with Crippen molar-refractivity contribution in [3.8, 4) is 0 Å². The maximum absolute atomic E-state index is 12.3. The van der Waals surface area contributed by atoms with E-state index in [0.717, 1.165) is 23.5 Å². The Kier molecular flexibility index (Phi) is 4.65. The Bertz CT molecular complexity index is 549. The van der Waals surface area contributed by atoms with Gasteiger partial charge in [-0.15, -0.1) is 0 Å². The van der Waals surface area contributed by atoms with Crippen molar-refractivity contribution in [2.45, 2.75) is 46.2 Å². The zero-order chi connectivity index (χ0) is 14.9. The van der Waals surface area contributed by atoms with Crippen LogP contribution >= 0.6 is 11.3 Å². The van der Waals surface area contributed by atoms with Crippen molar-refractivity contribution in [1.82, 2.24) is 9.47 Å². The standard InChI is InChI=1S/C14H23N3O2S/c1-9-6-12(7-15)8-17(9)13(18)4-5-16-10(2)11(3)20-14(16)19/h9,12H,4-8,15H2,1-3H3. The molecule has 1 fully saturated rings. The average Bonchev–Trinajstić information content (AvgIpc) is 2.89. The molecule has 2 rings (SSSR count). The smallest absolute Gasteiger partial charge is 0.307 e. The summed E-state index contributed by atoms with van der Waals surface area (Å²) in [6.45, 7) is 7.81. The molecule has 1 saturated heterocycles. The van der Waals surface area contributed by atoms with E-state index in [1.165, 1.54) is 11.3 Å². The number of hydrogen-bond acceptors (Lipinski definition) is 4. The number of nitrogens with zero attached hydrogens (tertiary/aromatic N) is 2. The van der Waals surface area contributed by atoms with Gasteiger partial charge in [0, 0.05) is 36.1 Å². The third-order valence-corrected chi connectivity index (χ3v) is 5.24. The fourth-order valence-corrected chi connectivity index (χ4v) is 3.72. The summed E-state index contributed by atoms with van der Waals surface area (Å²) in [4.78, 5) is 27.1. The van der Waals surface area contributed by atoms with Crippen molar-refractivity contribution in [2.75, 3.05) is 13.1 Å². The van der Waals surface area contributed by atoms with Crippen LogP contribution in [0.4, 0.5) is 0 Å². The van der Waals surface area contributed by atoms with Gasteiger partial charge in [-0.05, 0) is 39.7 Å². The van der Waals surface area contributed by atoms with E-state index in [-0.39, 0.29) is 16.8 Å². The van der Waals surface area contributed by atoms with Gasteiger partial charge in [0.05, 0.1) is 0 Å². The molecule has 0 aromatic carbocycles. The molecule has 2 unspecified atom stereocenters. The minimum Gasteiger partial charge on any atom is -0.340 e. The van der Waals surface area contributed by atoms with E-state index in [0.29, 0.717) is 25.4 Å². The van der Waals surface area contributed by atoms with Gasteiger partial charge in [-0.1, -0.05) is 11.3 Å². The molecule has 2 heterocycles. The number of aromatic nitrogens is 1. The lowest BCUT2D eigenvalue weighted by Crippen LogP contribution is -2.35. The average molecular weight is 297 g/mol. The fourth-order valence-electron chi connectivity index (χ4n) is 2.86. The van der Waals surface area contributed by atoms with Crippen LogP contribution < -0.4 is 10.6 Å². The summed E-state index contributed by atoms with van der Waals surface area (Å²) in [5, 5.41) is 0. The number of likely N-dealkylation sites (tertiary alicyclic amines) is 1. The summed E-state index contributed by atoms with van der Waals surface area (Å²) in [7, 11) is 0. The maximum Gasteiger partial charge on any atom is 0.307 e. The summed E-state index contributed by atoms with van der Waals surface area (Å²) in [5.74, 6) is 0.547. The predicted molar refractivity (Wildman–Crippen MR) is 81.0 cm³/mol. The highest BCUT2D eigenvalue weighted by Gasteiger charge is 2.31. The second kappa shape index (κ2) is 6.10. The van der Waals surface area contributed by atoms with E-state index in [9.17, 15) is 9.59 Å². The molecule has 2 N–H and O–H groups in total. The van der Waals surface area contributed by atoms with Crippen molar-refractivity contribution in [2.24, 2.45) is 11.7 Å². The summed E-state index contributed by atoms with van der Waals surface area (Å²) in [6, 6.07) is 0.262. The minimum atomic E-state index is 0.0297. The lowest BCUT2D eigenvalue weighted by atomic mass is 10.1. The van der Waals surface area contributed by atoms with Crippen LogP contribution in [0.15, 0.2) is 4.79 Å². The van der Waals surface area contributed by atoms with Crippen molar-refractivity contribution in [3.63, 3.8) is 0 Å². The largest absolute Gasteiger partial charge is 0.340 e. The normalized spacial score (nSPS) is 22.5. The Labute approximate surface area is 123 Å². The summed E-state index contributed by atoms with van der Waals surface area (Å²) in [5.41, 5.74) is 6.66. The Hall–Kier alpha value is -1.14. The highest BCUT2D eigenvalue weighted by Crippen LogP contribution is 2.23. The van der Waals surface area contributed by atoms with Gasteiger partial charge in [0.1, 0.15) is 0 Å². The van der Waals surface area contributed by atoms with E-state index in [4.69, 9.17) is 5.73 Å². The Morgan fingerprint density at radius 3 is 2.65 bits per heavy atom. The molecule has 6 heteroatoms. The van der Waals surface area contributed by atoms with Crippen LogP contribution in [0, 0.1) is 19.8 Å². The highest BCUT2D eigenvalue weighted by molar-refractivity contribution is 7.09. The van der Waals surface area contributed by atoms with E-state index in [2.05, 4.69) is 6.92 Å². The van der Waals surface area contributed by atoms with Crippen LogP contribution in [0.2, 0.25) is 0 Å². The van der Waals surface area contributed by atoms with Crippen LogP contribution in [0.3, 0.4) is 0 Å². The molecule has 20 heavy (non-hydrogen) atoms. The minimum absolute atomic E-state index is 0.0297. The number of aryl methyl sites for hydroxylation is 1. The molecule has 0 spiro atoms. The third kappa shape index (κ3) is 2.96. The van der Waals surface area contributed by atoms with Gasteiger partial charge in [-0.25, -0.2) is 0 Å². The molecule has 0 saturated carbocycles. The van der Waals surface area contributed by atoms with Crippen molar-refractivity contribution >= 4 is 17.2 Å². The van der Waals surface area contributed by atoms with E-state index in [1.807, 2.05) is 18.7 Å². The van der Waals surface area contributed by atoms with Crippen LogP contribution in [0.5, 0.6) is 0 Å². The quantitative estimate of drug-likeness (QED) is 0.905. The molecule has 2 atom stereocenters. The molecule has 1 aromatic rings. The summed E-state index contributed by atoms with van der Waals surface area (Å²) >= 11 is 1.25. The van der Waals surface area contributed by atoms with Gasteiger partial charge >= 0.3 is 4.87 Å². The number of nitrogens with two attached hydrogens (primary N) is 1. The van der Waals surface area contributed by atoms with Crippen molar-refractivity contribution in [1.29, 1.82) is 0 Å². The van der Waals surface area contributed by atoms with Crippen molar-refractivity contribution < 1.29 is 4.79 Å². The number of amides is 1. The number of carbonyl (C=O) groups excluding carboxylic acids is 1. The molecule has 1 aliphatic rings. The van der Waals surface area contributed by atoms with Gasteiger partial charge in [0.2, 0.25) is 5.91 Å². The Balaban J connectivity index is 1.97. The zero-order valence-corrected chi connectivity index (χ0v) is 13.2. The molecule has 0 aliphatic carbocycles. The number of carbonyl (C=O) groups is 1. The zero-order valence-electron chi connectivity index (χ0n) is 12.4. The SMILES string of the molecule is Cc1sc(=O)n(CCC(=O)N2CC(CN)CC2C)c1C. The first-order valence-electron chi connectivity index (χ1n) is 7.10. The molecule has 112 valence electrons. The lowest BCUT2D eigenvalue weighted by Gasteiger charge is -2.21. The van der Waals surface area contributed by atoms with Crippen LogP contribution in [-0.2, 0) is 11.3 Å². The molecule has 1 aliphatic heterocycles. The van der Waals surface area contributed by atoms with Gasteiger partial charge < -0.3 is 15.2 Å². The predicted octanol–water partition coefficient (Wildman–Crippen LogP) is 1.11. The summed E-state index contributed by atoms with van der Waals surface area (Å²) in [6.07, 6.45) is 1.37. The topological polar surface area (TPSA) is 68.3 Å². The van der Waals surface area contributed by atoms with Crippen molar-refractivity contribution in [3.05, 3.63) is 20.2 Å². The van der Waals surface area contributed by atoms with Gasteiger partial charge in [0.25, 0.3) is 0 Å². The van der Waals surface area contributed by atoms with E-state index >= 15 is 0 Å². The first kappa shape index (κ1) is 15.3. The molecular formula is C14H23N3O2S. The highest BCUT2D eigenvalue weighted by atomic mass is 32.1. The summed E-state index contributed by atoms with van der Waals surface area (Å²) < 4.78 is 1.71. The first-order valence-corrected chi connectivity index (χ1v) is 7.92.